The molecule has 0 aliphatic rings. The SMILES string of the molecule is CNCCCN(C)Cc1nc(-c2ccco2)no1. The standard InChI is InChI=1S/C12H18N4O2/c1-13-6-4-7-16(2)9-11-14-12(15-18-11)10-5-3-8-17-10/h3,5,8,13H,4,6-7,9H2,1-2H3. The van der Waals surface area contributed by atoms with Gasteiger partial charge in [-0.3, -0.25) is 4.90 Å². The van der Waals surface area contributed by atoms with Gasteiger partial charge in [0.05, 0.1) is 12.8 Å². The molecule has 2 heterocycles. The van der Waals surface area contributed by atoms with Crippen LogP contribution in [0.5, 0.6) is 0 Å². The van der Waals surface area contributed by atoms with E-state index in [9.17, 15) is 0 Å². The van der Waals surface area contributed by atoms with Crippen molar-refractivity contribution in [1.29, 1.82) is 0 Å². The molecule has 6 heteroatoms. The van der Waals surface area contributed by atoms with Gasteiger partial charge in [0.25, 0.3) is 0 Å². The Kier molecular flexibility index (Phi) is 4.49. The Morgan fingerprint density at radius 2 is 2.33 bits per heavy atom. The summed E-state index contributed by atoms with van der Waals surface area (Å²) in [5, 5.41) is 7.01. The van der Waals surface area contributed by atoms with Gasteiger partial charge in [0.15, 0.2) is 5.76 Å². The Morgan fingerprint density at radius 3 is 3.06 bits per heavy atom. The zero-order valence-corrected chi connectivity index (χ0v) is 10.7. The van der Waals surface area contributed by atoms with Crippen LogP contribution in [0.4, 0.5) is 0 Å². The van der Waals surface area contributed by atoms with E-state index in [1.165, 1.54) is 0 Å². The van der Waals surface area contributed by atoms with Crippen LogP contribution in [0, 0.1) is 0 Å². The van der Waals surface area contributed by atoms with Crippen LogP contribution < -0.4 is 5.32 Å². The van der Waals surface area contributed by atoms with Gasteiger partial charge >= 0.3 is 0 Å². The van der Waals surface area contributed by atoms with Crippen LogP contribution in [0.15, 0.2) is 27.3 Å². The summed E-state index contributed by atoms with van der Waals surface area (Å²) in [5.41, 5.74) is 0. The molecule has 98 valence electrons. The Labute approximate surface area is 106 Å². The normalized spacial score (nSPS) is 11.3. The number of rotatable bonds is 7. The van der Waals surface area contributed by atoms with Crippen molar-refractivity contribution >= 4 is 0 Å². The first kappa shape index (κ1) is 12.8. The van der Waals surface area contributed by atoms with E-state index in [-0.39, 0.29) is 0 Å². The van der Waals surface area contributed by atoms with Gasteiger partial charge in [0.2, 0.25) is 11.7 Å². The first-order valence-electron chi connectivity index (χ1n) is 5.99. The minimum absolute atomic E-state index is 0.499. The molecule has 0 atom stereocenters. The van der Waals surface area contributed by atoms with Crippen molar-refractivity contribution in [1.82, 2.24) is 20.4 Å². The van der Waals surface area contributed by atoms with Gasteiger partial charge in [-0.15, -0.1) is 0 Å². The zero-order chi connectivity index (χ0) is 12.8. The van der Waals surface area contributed by atoms with Crippen LogP contribution in [0.3, 0.4) is 0 Å². The van der Waals surface area contributed by atoms with Gasteiger partial charge in [0.1, 0.15) is 0 Å². The maximum absolute atomic E-state index is 5.21. The van der Waals surface area contributed by atoms with Crippen LogP contribution in [0.2, 0.25) is 0 Å². The predicted octanol–water partition coefficient (Wildman–Crippen LogP) is 1.37. The molecule has 0 unspecified atom stereocenters. The third-order valence-electron chi connectivity index (χ3n) is 2.58. The summed E-state index contributed by atoms with van der Waals surface area (Å²) in [6, 6.07) is 3.61. The third kappa shape index (κ3) is 3.41. The summed E-state index contributed by atoms with van der Waals surface area (Å²) in [7, 11) is 3.99. The largest absolute Gasteiger partial charge is 0.461 e. The smallest absolute Gasteiger partial charge is 0.241 e. The molecule has 0 aliphatic carbocycles. The highest BCUT2D eigenvalue weighted by atomic mass is 16.5. The molecular formula is C12H18N4O2. The molecule has 0 fully saturated rings. The monoisotopic (exact) mass is 250 g/mol. The van der Waals surface area contributed by atoms with Crippen LogP contribution >= 0.6 is 0 Å². The number of nitrogens with zero attached hydrogens (tertiary/aromatic N) is 3. The molecule has 0 saturated heterocycles. The Bertz CT molecular complexity index is 452. The Hall–Kier alpha value is -1.66. The summed E-state index contributed by atoms with van der Waals surface area (Å²) in [5.74, 6) is 1.73. The minimum atomic E-state index is 0.499. The molecule has 0 amide bonds. The lowest BCUT2D eigenvalue weighted by Crippen LogP contribution is -2.22. The van der Waals surface area contributed by atoms with E-state index in [4.69, 9.17) is 8.94 Å². The van der Waals surface area contributed by atoms with Gasteiger partial charge < -0.3 is 14.3 Å². The molecule has 18 heavy (non-hydrogen) atoms. The highest BCUT2D eigenvalue weighted by molar-refractivity contribution is 5.44. The van der Waals surface area contributed by atoms with E-state index in [0.29, 0.717) is 24.0 Å². The molecule has 0 radical (unpaired) electrons. The van der Waals surface area contributed by atoms with E-state index in [1.54, 1.807) is 12.3 Å². The molecule has 6 nitrogen and oxygen atoms in total. The van der Waals surface area contributed by atoms with Gasteiger partial charge in [-0.1, -0.05) is 5.16 Å². The second kappa shape index (κ2) is 6.32. The highest BCUT2D eigenvalue weighted by Gasteiger charge is 2.12. The van der Waals surface area contributed by atoms with E-state index < -0.39 is 0 Å². The summed E-state index contributed by atoms with van der Waals surface area (Å²) < 4.78 is 10.4. The number of hydrogen-bond donors (Lipinski definition) is 1. The quantitative estimate of drug-likeness (QED) is 0.749. The molecule has 0 aliphatic heterocycles. The summed E-state index contributed by atoms with van der Waals surface area (Å²) in [6.45, 7) is 2.64. The molecule has 1 N–H and O–H groups in total. The lowest BCUT2D eigenvalue weighted by molar-refractivity contribution is 0.264. The molecule has 2 aromatic rings. The van der Waals surface area contributed by atoms with Crippen LogP contribution in [0.25, 0.3) is 11.6 Å². The predicted molar refractivity (Wildman–Crippen MR) is 66.9 cm³/mol. The third-order valence-corrected chi connectivity index (χ3v) is 2.58. The number of furan rings is 1. The van der Waals surface area contributed by atoms with Crippen molar-refractivity contribution < 1.29 is 8.94 Å². The number of aromatic nitrogens is 2. The van der Waals surface area contributed by atoms with E-state index >= 15 is 0 Å². The molecule has 0 spiro atoms. The van der Waals surface area contributed by atoms with Crippen molar-refractivity contribution in [2.45, 2.75) is 13.0 Å². The maximum Gasteiger partial charge on any atom is 0.241 e. The first-order chi connectivity index (χ1) is 8.79. The molecule has 2 aromatic heterocycles. The number of nitrogens with one attached hydrogen (secondary N) is 1. The van der Waals surface area contributed by atoms with Crippen molar-refractivity contribution in [2.75, 3.05) is 27.2 Å². The van der Waals surface area contributed by atoms with Crippen molar-refractivity contribution in [2.24, 2.45) is 0 Å². The molecular weight excluding hydrogens is 232 g/mol. The summed E-state index contributed by atoms with van der Waals surface area (Å²) in [6.07, 6.45) is 2.68. The van der Waals surface area contributed by atoms with E-state index in [1.807, 2.05) is 20.2 Å². The maximum atomic E-state index is 5.21. The fraction of sp³-hybridized carbons (Fsp3) is 0.500. The first-order valence-corrected chi connectivity index (χ1v) is 5.99. The number of hydrogen-bond acceptors (Lipinski definition) is 6. The summed E-state index contributed by atoms with van der Waals surface area (Å²) >= 11 is 0. The fourth-order valence-electron chi connectivity index (χ4n) is 1.66. The lowest BCUT2D eigenvalue weighted by atomic mass is 10.4. The van der Waals surface area contributed by atoms with Gasteiger partial charge in [-0.25, -0.2) is 0 Å². The molecule has 0 saturated carbocycles. The van der Waals surface area contributed by atoms with Crippen LogP contribution in [-0.4, -0.2) is 42.2 Å². The topological polar surface area (TPSA) is 67.3 Å². The van der Waals surface area contributed by atoms with Gasteiger partial charge in [-0.2, -0.15) is 4.98 Å². The fourth-order valence-corrected chi connectivity index (χ4v) is 1.66. The van der Waals surface area contributed by atoms with E-state index in [0.717, 1.165) is 19.5 Å². The van der Waals surface area contributed by atoms with Gasteiger partial charge in [-0.05, 0) is 45.7 Å². The van der Waals surface area contributed by atoms with E-state index in [2.05, 4.69) is 20.4 Å². The van der Waals surface area contributed by atoms with Crippen LogP contribution in [0.1, 0.15) is 12.3 Å². The Balaban J connectivity index is 1.87. The second-order valence-corrected chi connectivity index (χ2v) is 4.18. The summed E-state index contributed by atoms with van der Waals surface area (Å²) in [4.78, 5) is 6.44. The minimum Gasteiger partial charge on any atom is -0.461 e. The van der Waals surface area contributed by atoms with Crippen molar-refractivity contribution in [3.05, 3.63) is 24.3 Å². The van der Waals surface area contributed by atoms with Crippen molar-refractivity contribution in [3.63, 3.8) is 0 Å². The molecule has 0 bridgehead atoms. The Morgan fingerprint density at radius 1 is 1.44 bits per heavy atom. The molecule has 0 aromatic carbocycles. The van der Waals surface area contributed by atoms with Gasteiger partial charge in [0, 0.05) is 0 Å². The average molecular weight is 250 g/mol. The van der Waals surface area contributed by atoms with Crippen LogP contribution in [-0.2, 0) is 6.54 Å². The average Bonchev–Trinajstić information content (AvgIpc) is 2.98. The lowest BCUT2D eigenvalue weighted by Gasteiger charge is -2.13. The zero-order valence-electron chi connectivity index (χ0n) is 10.7. The highest BCUT2D eigenvalue weighted by Crippen LogP contribution is 2.16. The van der Waals surface area contributed by atoms with Crippen molar-refractivity contribution in [3.8, 4) is 11.6 Å². The molecule has 2 rings (SSSR count). The second-order valence-electron chi connectivity index (χ2n) is 4.18.